The number of ether oxygens (including phenoxy) is 1. The van der Waals surface area contributed by atoms with Crippen molar-refractivity contribution in [1.29, 1.82) is 0 Å². The van der Waals surface area contributed by atoms with Crippen molar-refractivity contribution in [2.24, 2.45) is 5.92 Å². The van der Waals surface area contributed by atoms with Gasteiger partial charge in [-0.2, -0.15) is 0 Å². The minimum absolute atomic E-state index is 0.352. The van der Waals surface area contributed by atoms with E-state index in [1.54, 1.807) is 6.07 Å². The van der Waals surface area contributed by atoms with Crippen LogP contribution in [0.2, 0.25) is 0 Å². The van der Waals surface area contributed by atoms with Crippen molar-refractivity contribution in [3.63, 3.8) is 0 Å². The summed E-state index contributed by atoms with van der Waals surface area (Å²) in [5.74, 6) is 0.621. The first-order chi connectivity index (χ1) is 8.63. The SMILES string of the molecule is O=C(O)c1cc2cc(OCC3CC3)cc(Br)c2s1. The van der Waals surface area contributed by atoms with E-state index < -0.39 is 5.97 Å². The van der Waals surface area contributed by atoms with Crippen molar-refractivity contribution >= 4 is 43.3 Å². The van der Waals surface area contributed by atoms with Gasteiger partial charge in [-0.05, 0) is 58.3 Å². The summed E-state index contributed by atoms with van der Waals surface area (Å²) in [7, 11) is 0. The standard InChI is InChI=1S/C13H11BrO3S/c14-10-5-9(17-6-7-1-2-7)3-8-4-11(13(15)16)18-12(8)10/h3-5,7H,1-2,6H2,(H,15,16). The van der Waals surface area contributed by atoms with E-state index in [2.05, 4.69) is 15.9 Å². The molecule has 18 heavy (non-hydrogen) atoms. The molecule has 0 amide bonds. The Labute approximate surface area is 117 Å². The molecule has 94 valence electrons. The van der Waals surface area contributed by atoms with Gasteiger partial charge in [-0.15, -0.1) is 11.3 Å². The lowest BCUT2D eigenvalue weighted by atomic mass is 10.2. The summed E-state index contributed by atoms with van der Waals surface area (Å²) in [5, 5.41) is 9.91. The minimum Gasteiger partial charge on any atom is -0.493 e. The highest BCUT2D eigenvalue weighted by atomic mass is 79.9. The number of thiophene rings is 1. The Morgan fingerprint density at radius 1 is 1.44 bits per heavy atom. The third-order valence-electron chi connectivity index (χ3n) is 2.94. The molecule has 1 fully saturated rings. The monoisotopic (exact) mass is 326 g/mol. The number of carboxylic acids is 1. The fraction of sp³-hybridized carbons (Fsp3) is 0.308. The van der Waals surface area contributed by atoms with E-state index in [0.29, 0.717) is 10.8 Å². The van der Waals surface area contributed by atoms with Crippen LogP contribution in [0.4, 0.5) is 0 Å². The summed E-state index contributed by atoms with van der Waals surface area (Å²) in [4.78, 5) is 11.3. The zero-order chi connectivity index (χ0) is 12.7. The van der Waals surface area contributed by atoms with E-state index in [4.69, 9.17) is 9.84 Å². The van der Waals surface area contributed by atoms with Gasteiger partial charge in [0.1, 0.15) is 10.6 Å². The van der Waals surface area contributed by atoms with Crippen molar-refractivity contribution in [2.75, 3.05) is 6.61 Å². The molecule has 1 aromatic carbocycles. The number of hydrogen-bond donors (Lipinski definition) is 1. The normalized spacial score (nSPS) is 14.9. The van der Waals surface area contributed by atoms with Gasteiger partial charge in [-0.1, -0.05) is 0 Å². The first kappa shape index (κ1) is 12.0. The first-order valence-electron chi connectivity index (χ1n) is 5.72. The van der Waals surface area contributed by atoms with Crippen LogP contribution >= 0.6 is 27.3 Å². The van der Waals surface area contributed by atoms with Crippen LogP contribution in [0.3, 0.4) is 0 Å². The molecule has 1 saturated carbocycles. The topological polar surface area (TPSA) is 46.5 Å². The number of aromatic carboxylic acids is 1. The molecule has 1 N–H and O–H groups in total. The first-order valence-corrected chi connectivity index (χ1v) is 7.33. The molecule has 1 aliphatic rings. The van der Waals surface area contributed by atoms with Crippen LogP contribution in [0.5, 0.6) is 5.75 Å². The summed E-state index contributed by atoms with van der Waals surface area (Å²) in [5.41, 5.74) is 0. The molecule has 1 aromatic heterocycles. The van der Waals surface area contributed by atoms with E-state index in [9.17, 15) is 4.79 Å². The average molecular weight is 327 g/mol. The number of carboxylic acid groups (broad SMARTS) is 1. The number of hydrogen-bond acceptors (Lipinski definition) is 3. The van der Waals surface area contributed by atoms with Gasteiger partial charge in [0, 0.05) is 9.17 Å². The number of benzene rings is 1. The van der Waals surface area contributed by atoms with Gasteiger partial charge in [-0.25, -0.2) is 4.79 Å². The fourth-order valence-electron chi connectivity index (χ4n) is 1.77. The Kier molecular flexibility index (Phi) is 3.03. The molecule has 0 atom stereocenters. The van der Waals surface area contributed by atoms with Crippen molar-refractivity contribution in [3.05, 3.63) is 27.5 Å². The maximum absolute atomic E-state index is 11.0. The summed E-state index contributed by atoms with van der Waals surface area (Å²) in [6.07, 6.45) is 2.51. The van der Waals surface area contributed by atoms with Gasteiger partial charge in [0.25, 0.3) is 0 Å². The maximum atomic E-state index is 11.0. The van der Waals surface area contributed by atoms with Crippen LogP contribution in [0.1, 0.15) is 22.5 Å². The quantitative estimate of drug-likeness (QED) is 0.917. The Hall–Kier alpha value is -1.07. The molecular formula is C13H11BrO3S. The largest absolute Gasteiger partial charge is 0.493 e. The van der Waals surface area contributed by atoms with Crippen molar-refractivity contribution in [3.8, 4) is 5.75 Å². The zero-order valence-electron chi connectivity index (χ0n) is 9.48. The van der Waals surface area contributed by atoms with E-state index >= 15 is 0 Å². The van der Waals surface area contributed by atoms with Gasteiger partial charge in [-0.3, -0.25) is 0 Å². The zero-order valence-corrected chi connectivity index (χ0v) is 11.9. The number of halogens is 1. The number of fused-ring (bicyclic) bond motifs is 1. The lowest BCUT2D eigenvalue weighted by Gasteiger charge is -2.06. The Balaban J connectivity index is 1.94. The van der Waals surface area contributed by atoms with Crippen LogP contribution in [0.25, 0.3) is 10.1 Å². The molecule has 0 unspecified atom stereocenters. The third-order valence-corrected chi connectivity index (χ3v) is 5.00. The maximum Gasteiger partial charge on any atom is 0.345 e. The van der Waals surface area contributed by atoms with E-state index in [0.717, 1.165) is 26.9 Å². The summed E-state index contributed by atoms with van der Waals surface area (Å²) < 4.78 is 7.56. The smallest absolute Gasteiger partial charge is 0.345 e. The molecule has 1 heterocycles. The number of rotatable bonds is 4. The molecule has 0 aliphatic heterocycles. The van der Waals surface area contributed by atoms with Gasteiger partial charge in [0.2, 0.25) is 0 Å². The van der Waals surface area contributed by atoms with Crippen LogP contribution in [0.15, 0.2) is 22.7 Å². The lowest BCUT2D eigenvalue weighted by Crippen LogP contribution is -1.98. The van der Waals surface area contributed by atoms with Crippen molar-refractivity contribution in [2.45, 2.75) is 12.8 Å². The van der Waals surface area contributed by atoms with Gasteiger partial charge < -0.3 is 9.84 Å². The molecule has 0 spiro atoms. The van der Waals surface area contributed by atoms with Gasteiger partial charge in [0.15, 0.2) is 0 Å². The highest BCUT2D eigenvalue weighted by Crippen LogP contribution is 2.36. The third kappa shape index (κ3) is 2.37. The van der Waals surface area contributed by atoms with Gasteiger partial charge >= 0.3 is 5.97 Å². The van der Waals surface area contributed by atoms with Crippen molar-refractivity contribution < 1.29 is 14.6 Å². The highest BCUT2D eigenvalue weighted by Gasteiger charge is 2.22. The van der Waals surface area contributed by atoms with Crippen molar-refractivity contribution in [1.82, 2.24) is 0 Å². The van der Waals surface area contributed by atoms with Crippen LogP contribution in [-0.2, 0) is 0 Å². The minimum atomic E-state index is -0.886. The Morgan fingerprint density at radius 3 is 2.89 bits per heavy atom. The lowest BCUT2D eigenvalue weighted by molar-refractivity contribution is 0.0702. The molecule has 0 saturated heterocycles. The van der Waals surface area contributed by atoms with E-state index in [-0.39, 0.29) is 0 Å². The molecule has 0 radical (unpaired) electrons. The summed E-state index contributed by atoms with van der Waals surface area (Å²) >= 11 is 4.75. The highest BCUT2D eigenvalue weighted by molar-refractivity contribution is 9.10. The Bertz CT molecular complexity index is 616. The van der Waals surface area contributed by atoms with E-state index in [1.165, 1.54) is 24.2 Å². The molecule has 3 rings (SSSR count). The summed E-state index contributed by atoms with van der Waals surface area (Å²) in [6.45, 7) is 0.758. The van der Waals surface area contributed by atoms with Crippen LogP contribution < -0.4 is 4.74 Å². The molecule has 5 heteroatoms. The second kappa shape index (κ2) is 4.55. The molecular weight excluding hydrogens is 316 g/mol. The van der Waals surface area contributed by atoms with E-state index in [1.807, 2.05) is 12.1 Å². The Morgan fingerprint density at radius 2 is 2.22 bits per heavy atom. The summed E-state index contributed by atoms with van der Waals surface area (Å²) in [6, 6.07) is 5.51. The fourth-order valence-corrected chi connectivity index (χ4v) is 3.35. The number of carbonyl (C=O) groups is 1. The van der Waals surface area contributed by atoms with Crippen LogP contribution in [-0.4, -0.2) is 17.7 Å². The second-order valence-corrected chi connectivity index (χ2v) is 6.40. The average Bonchev–Trinajstić information content (AvgIpc) is 3.04. The van der Waals surface area contributed by atoms with Gasteiger partial charge in [0.05, 0.1) is 6.61 Å². The predicted octanol–water partition coefficient (Wildman–Crippen LogP) is 4.15. The molecule has 0 bridgehead atoms. The second-order valence-electron chi connectivity index (χ2n) is 4.49. The molecule has 1 aliphatic carbocycles. The predicted molar refractivity (Wildman–Crippen MR) is 74.7 cm³/mol. The molecule has 2 aromatic rings. The molecule has 3 nitrogen and oxygen atoms in total. The van der Waals surface area contributed by atoms with Crippen LogP contribution in [0, 0.1) is 5.92 Å².